The topological polar surface area (TPSA) is 88.6 Å². The summed E-state index contributed by atoms with van der Waals surface area (Å²) in [6, 6.07) is 10.9. The number of pyridine rings is 1. The van der Waals surface area contributed by atoms with Crippen molar-refractivity contribution < 1.29 is 17.9 Å². The molecule has 0 aliphatic rings. The molecule has 26 heavy (non-hydrogen) atoms. The van der Waals surface area contributed by atoms with E-state index in [1.54, 1.807) is 31.6 Å². The van der Waals surface area contributed by atoms with Crippen LogP contribution < -0.4 is 10.1 Å². The molecule has 0 fully saturated rings. The molecule has 0 spiro atoms. The van der Waals surface area contributed by atoms with Gasteiger partial charge in [0.1, 0.15) is 5.75 Å². The predicted octanol–water partition coefficient (Wildman–Crippen LogP) is 1.56. The zero-order valence-corrected chi connectivity index (χ0v) is 15.7. The molecular weight excluding hydrogens is 354 g/mol. The molecule has 140 valence electrons. The number of rotatable bonds is 9. The second-order valence-corrected chi connectivity index (χ2v) is 7.81. The number of methoxy groups -OCH3 is 1. The van der Waals surface area contributed by atoms with Gasteiger partial charge in [-0.15, -0.1) is 0 Å². The lowest BCUT2D eigenvalue weighted by Gasteiger charge is -2.19. The van der Waals surface area contributed by atoms with E-state index in [9.17, 15) is 13.2 Å². The van der Waals surface area contributed by atoms with Gasteiger partial charge in [0.15, 0.2) is 0 Å². The largest absolute Gasteiger partial charge is 0.497 e. The number of ether oxygens (including phenoxy) is 1. The normalized spacial score (nSPS) is 11.3. The van der Waals surface area contributed by atoms with Gasteiger partial charge in [0, 0.05) is 38.4 Å². The summed E-state index contributed by atoms with van der Waals surface area (Å²) in [5.74, 6) is 0.546. The zero-order valence-electron chi connectivity index (χ0n) is 14.9. The summed E-state index contributed by atoms with van der Waals surface area (Å²) in [5.41, 5.74) is 1.76. The highest BCUT2D eigenvalue weighted by molar-refractivity contribution is 7.88. The Hall–Kier alpha value is -2.45. The first-order valence-electron chi connectivity index (χ1n) is 8.12. The van der Waals surface area contributed by atoms with E-state index in [0.717, 1.165) is 23.1 Å². The molecule has 0 aliphatic carbocycles. The van der Waals surface area contributed by atoms with Crippen LogP contribution >= 0.6 is 0 Å². The summed E-state index contributed by atoms with van der Waals surface area (Å²) < 4.78 is 30.3. The van der Waals surface area contributed by atoms with Gasteiger partial charge in [-0.05, 0) is 35.4 Å². The predicted molar refractivity (Wildman–Crippen MR) is 98.9 cm³/mol. The Morgan fingerprint density at radius 2 is 1.77 bits per heavy atom. The Bertz CT molecular complexity index is 808. The van der Waals surface area contributed by atoms with Gasteiger partial charge in [-0.1, -0.05) is 12.1 Å². The monoisotopic (exact) mass is 377 g/mol. The highest BCUT2D eigenvalue weighted by Gasteiger charge is 2.18. The number of sulfonamides is 1. The Morgan fingerprint density at radius 1 is 1.12 bits per heavy atom. The van der Waals surface area contributed by atoms with E-state index in [0.29, 0.717) is 6.54 Å². The maximum atomic E-state index is 12.1. The van der Waals surface area contributed by atoms with Crippen molar-refractivity contribution in [3.8, 4) is 5.75 Å². The minimum atomic E-state index is -3.41. The standard InChI is InChI=1S/C18H23N3O4S/c1-25-17-5-3-15(4-6-17)13-20-18(22)9-12-21(26(2,23)24)14-16-7-10-19-11-8-16/h3-8,10-11H,9,12-14H2,1-2H3,(H,20,22). The average molecular weight is 377 g/mol. The van der Waals surface area contributed by atoms with Crippen molar-refractivity contribution in [2.75, 3.05) is 19.9 Å². The van der Waals surface area contributed by atoms with Crippen molar-refractivity contribution in [1.82, 2.24) is 14.6 Å². The molecule has 2 aromatic rings. The number of aromatic nitrogens is 1. The van der Waals surface area contributed by atoms with Crippen molar-refractivity contribution in [1.29, 1.82) is 0 Å². The number of nitrogens with one attached hydrogen (secondary N) is 1. The van der Waals surface area contributed by atoms with E-state index in [4.69, 9.17) is 4.74 Å². The molecule has 2 rings (SSSR count). The lowest BCUT2D eigenvalue weighted by Crippen LogP contribution is -2.34. The van der Waals surface area contributed by atoms with Crippen LogP contribution in [0.5, 0.6) is 5.75 Å². The van der Waals surface area contributed by atoms with Gasteiger partial charge >= 0.3 is 0 Å². The number of carbonyl (C=O) groups excluding carboxylic acids is 1. The van der Waals surface area contributed by atoms with Crippen LogP contribution in [0.4, 0.5) is 0 Å². The summed E-state index contributed by atoms with van der Waals surface area (Å²) >= 11 is 0. The molecule has 1 aromatic carbocycles. The second-order valence-electron chi connectivity index (χ2n) is 5.83. The SMILES string of the molecule is COc1ccc(CNC(=O)CCN(Cc2ccncc2)S(C)(=O)=O)cc1. The Labute approximate surface area is 154 Å². The van der Waals surface area contributed by atoms with Gasteiger partial charge in [0.25, 0.3) is 0 Å². The number of hydrogen-bond acceptors (Lipinski definition) is 5. The molecule has 0 unspecified atom stereocenters. The van der Waals surface area contributed by atoms with Crippen LogP contribution in [0.2, 0.25) is 0 Å². The molecule has 0 saturated heterocycles. The van der Waals surface area contributed by atoms with Crippen LogP contribution in [-0.4, -0.2) is 43.5 Å². The van der Waals surface area contributed by atoms with E-state index >= 15 is 0 Å². The van der Waals surface area contributed by atoms with E-state index in [1.807, 2.05) is 24.3 Å². The van der Waals surface area contributed by atoms with E-state index < -0.39 is 10.0 Å². The van der Waals surface area contributed by atoms with Crippen molar-refractivity contribution in [2.24, 2.45) is 0 Å². The molecule has 0 aliphatic heterocycles. The van der Waals surface area contributed by atoms with Gasteiger partial charge in [-0.3, -0.25) is 9.78 Å². The number of nitrogens with zero attached hydrogens (tertiary/aromatic N) is 2. The van der Waals surface area contributed by atoms with E-state index in [2.05, 4.69) is 10.3 Å². The molecule has 0 radical (unpaired) electrons. The van der Waals surface area contributed by atoms with Gasteiger partial charge in [0.05, 0.1) is 13.4 Å². The van der Waals surface area contributed by atoms with Crippen molar-refractivity contribution in [2.45, 2.75) is 19.5 Å². The third-order valence-electron chi connectivity index (χ3n) is 3.81. The molecule has 0 bridgehead atoms. The average Bonchev–Trinajstić information content (AvgIpc) is 2.63. The Morgan fingerprint density at radius 3 is 2.35 bits per heavy atom. The Balaban J connectivity index is 1.86. The van der Waals surface area contributed by atoms with Gasteiger partial charge < -0.3 is 10.1 Å². The lowest BCUT2D eigenvalue weighted by atomic mass is 10.2. The van der Waals surface area contributed by atoms with Gasteiger partial charge in [-0.25, -0.2) is 8.42 Å². The third-order valence-corrected chi connectivity index (χ3v) is 5.06. The fraction of sp³-hybridized carbons (Fsp3) is 0.333. The molecular formula is C18H23N3O4S. The number of hydrogen-bond donors (Lipinski definition) is 1. The molecule has 1 N–H and O–H groups in total. The molecule has 8 heteroatoms. The first-order valence-corrected chi connectivity index (χ1v) is 9.97. The fourth-order valence-electron chi connectivity index (χ4n) is 2.31. The van der Waals surface area contributed by atoms with Crippen molar-refractivity contribution >= 4 is 15.9 Å². The van der Waals surface area contributed by atoms with Crippen LogP contribution in [0.1, 0.15) is 17.5 Å². The molecule has 1 aromatic heterocycles. The molecule has 7 nitrogen and oxygen atoms in total. The first kappa shape index (κ1) is 19.9. The van der Waals surface area contributed by atoms with Crippen LogP contribution in [0.25, 0.3) is 0 Å². The van der Waals surface area contributed by atoms with Crippen molar-refractivity contribution in [3.05, 3.63) is 59.9 Å². The minimum absolute atomic E-state index is 0.0916. The van der Waals surface area contributed by atoms with Crippen LogP contribution in [-0.2, 0) is 27.9 Å². The van der Waals surface area contributed by atoms with Crippen molar-refractivity contribution in [3.63, 3.8) is 0 Å². The zero-order chi connectivity index (χ0) is 19.0. The molecule has 1 amide bonds. The highest BCUT2D eigenvalue weighted by atomic mass is 32.2. The molecule has 1 heterocycles. The summed E-state index contributed by atoms with van der Waals surface area (Å²) in [6.07, 6.45) is 4.45. The van der Waals surface area contributed by atoms with Gasteiger partial charge in [-0.2, -0.15) is 4.31 Å². The maximum absolute atomic E-state index is 12.1. The Kier molecular flexibility index (Phi) is 7.11. The lowest BCUT2D eigenvalue weighted by molar-refractivity contribution is -0.121. The first-order chi connectivity index (χ1) is 12.4. The summed E-state index contributed by atoms with van der Waals surface area (Å²) in [7, 11) is -1.82. The van der Waals surface area contributed by atoms with Crippen LogP contribution in [0.3, 0.4) is 0 Å². The number of amides is 1. The van der Waals surface area contributed by atoms with E-state index in [1.165, 1.54) is 4.31 Å². The molecule has 0 atom stereocenters. The summed E-state index contributed by atoms with van der Waals surface area (Å²) in [4.78, 5) is 16.0. The summed E-state index contributed by atoms with van der Waals surface area (Å²) in [5, 5.41) is 2.80. The van der Waals surface area contributed by atoms with E-state index in [-0.39, 0.29) is 25.4 Å². The third kappa shape index (κ3) is 6.45. The highest BCUT2D eigenvalue weighted by Crippen LogP contribution is 2.11. The maximum Gasteiger partial charge on any atom is 0.221 e. The minimum Gasteiger partial charge on any atom is -0.497 e. The quantitative estimate of drug-likeness (QED) is 0.716. The van der Waals surface area contributed by atoms with Crippen LogP contribution in [0.15, 0.2) is 48.8 Å². The summed E-state index contributed by atoms with van der Waals surface area (Å²) in [6.45, 7) is 0.717. The van der Waals surface area contributed by atoms with Crippen LogP contribution in [0, 0.1) is 0 Å². The number of benzene rings is 1. The fourth-order valence-corrected chi connectivity index (χ4v) is 3.12. The van der Waals surface area contributed by atoms with Gasteiger partial charge in [0.2, 0.25) is 15.9 Å². The number of carbonyl (C=O) groups is 1. The second kappa shape index (κ2) is 9.30. The molecule has 0 saturated carbocycles. The smallest absolute Gasteiger partial charge is 0.221 e.